The third-order valence-corrected chi connectivity index (χ3v) is 5.32. The average molecular weight is 439 g/mol. The van der Waals surface area contributed by atoms with E-state index in [-0.39, 0.29) is 30.1 Å². The van der Waals surface area contributed by atoms with Crippen molar-refractivity contribution in [3.63, 3.8) is 0 Å². The number of amides is 2. The Balaban J connectivity index is 2.06. The molecule has 2 rings (SSSR count). The Morgan fingerprint density at radius 3 is 2.63 bits per heavy atom. The molecular formula is C20H27BrN2O4. The standard InChI is InChI=1S/C20H27BrN2O4/c1-3-5-18(24)23-11-4-6-15(13-23)20(26)22-17(12-19(25)27-2)14-7-9-16(21)10-8-14/h7-10,15,17H,3-6,11-13H2,1-2H3,(H,22,26). The number of carbonyl (C=O) groups is 3. The van der Waals surface area contributed by atoms with Crippen molar-refractivity contribution in [1.82, 2.24) is 10.2 Å². The minimum Gasteiger partial charge on any atom is -0.469 e. The first-order valence-corrected chi connectivity index (χ1v) is 10.1. The van der Waals surface area contributed by atoms with Crippen molar-refractivity contribution in [2.75, 3.05) is 20.2 Å². The van der Waals surface area contributed by atoms with Gasteiger partial charge in [-0.1, -0.05) is 35.0 Å². The fourth-order valence-electron chi connectivity index (χ4n) is 3.28. The number of ether oxygens (including phenoxy) is 1. The third kappa shape index (κ3) is 6.34. The van der Waals surface area contributed by atoms with E-state index in [1.807, 2.05) is 31.2 Å². The fraction of sp³-hybridized carbons (Fsp3) is 0.550. The molecule has 0 bridgehead atoms. The number of methoxy groups -OCH3 is 1. The van der Waals surface area contributed by atoms with Crippen molar-refractivity contribution in [2.24, 2.45) is 5.92 Å². The Bertz CT molecular complexity index is 662. The van der Waals surface area contributed by atoms with Crippen molar-refractivity contribution in [1.29, 1.82) is 0 Å². The number of esters is 1. The smallest absolute Gasteiger partial charge is 0.307 e. The van der Waals surface area contributed by atoms with E-state index in [1.54, 1.807) is 4.90 Å². The maximum Gasteiger partial charge on any atom is 0.307 e. The molecule has 148 valence electrons. The highest BCUT2D eigenvalue weighted by atomic mass is 79.9. The number of rotatable bonds is 7. The Kier molecular flexibility index (Phi) is 8.28. The van der Waals surface area contributed by atoms with Gasteiger partial charge in [-0.25, -0.2) is 0 Å². The molecule has 1 aliphatic heterocycles. The number of piperidine rings is 1. The second-order valence-electron chi connectivity index (χ2n) is 6.82. The first-order chi connectivity index (χ1) is 12.9. The molecule has 2 atom stereocenters. The number of carbonyl (C=O) groups excluding carboxylic acids is 3. The highest BCUT2D eigenvalue weighted by molar-refractivity contribution is 9.10. The predicted octanol–water partition coefficient (Wildman–Crippen LogP) is 3.21. The Hall–Kier alpha value is -1.89. The van der Waals surface area contributed by atoms with Crippen LogP contribution in [0.2, 0.25) is 0 Å². The van der Waals surface area contributed by atoms with Gasteiger partial charge >= 0.3 is 5.97 Å². The highest BCUT2D eigenvalue weighted by Gasteiger charge is 2.30. The maximum atomic E-state index is 12.8. The van der Waals surface area contributed by atoms with Gasteiger partial charge in [0.2, 0.25) is 11.8 Å². The number of hydrogen-bond donors (Lipinski definition) is 1. The van der Waals surface area contributed by atoms with E-state index < -0.39 is 6.04 Å². The molecule has 0 aliphatic carbocycles. The molecule has 7 heteroatoms. The number of halogens is 1. The van der Waals surface area contributed by atoms with E-state index in [2.05, 4.69) is 21.2 Å². The van der Waals surface area contributed by atoms with Gasteiger partial charge in [-0.05, 0) is 37.0 Å². The summed E-state index contributed by atoms with van der Waals surface area (Å²) in [5, 5.41) is 2.99. The molecule has 0 aromatic heterocycles. The van der Waals surface area contributed by atoms with Crippen LogP contribution in [0.25, 0.3) is 0 Å². The number of likely N-dealkylation sites (tertiary alicyclic amines) is 1. The zero-order valence-corrected chi connectivity index (χ0v) is 17.5. The zero-order valence-electron chi connectivity index (χ0n) is 15.9. The van der Waals surface area contributed by atoms with E-state index in [4.69, 9.17) is 4.74 Å². The van der Waals surface area contributed by atoms with Crippen molar-refractivity contribution < 1.29 is 19.1 Å². The summed E-state index contributed by atoms with van der Waals surface area (Å²) in [7, 11) is 1.33. The van der Waals surface area contributed by atoms with Gasteiger partial charge in [0, 0.05) is 24.0 Å². The van der Waals surface area contributed by atoms with Crippen molar-refractivity contribution in [3.8, 4) is 0 Å². The summed E-state index contributed by atoms with van der Waals surface area (Å²) in [5.41, 5.74) is 0.840. The minimum absolute atomic E-state index is 0.0646. The van der Waals surface area contributed by atoms with Gasteiger partial charge < -0.3 is 15.0 Å². The molecule has 1 aromatic rings. The van der Waals surface area contributed by atoms with Crippen LogP contribution in [0.5, 0.6) is 0 Å². The van der Waals surface area contributed by atoms with Crippen LogP contribution < -0.4 is 5.32 Å². The second kappa shape index (κ2) is 10.4. The lowest BCUT2D eigenvalue weighted by atomic mass is 9.95. The molecule has 1 saturated heterocycles. The van der Waals surface area contributed by atoms with Gasteiger partial charge in [-0.2, -0.15) is 0 Å². The van der Waals surface area contributed by atoms with Gasteiger partial charge in [0.25, 0.3) is 0 Å². The summed E-state index contributed by atoms with van der Waals surface area (Å²) < 4.78 is 5.70. The summed E-state index contributed by atoms with van der Waals surface area (Å²) in [6.07, 6.45) is 2.94. The molecule has 1 fully saturated rings. The van der Waals surface area contributed by atoms with Crippen molar-refractivity contribution in [2.45, 2.75) is 45.1 Å². The molecule has 0 spiro atoms. The molecule has 1 N–H and O–H groups in total. The van der Waals surface area contributed by atoms with Gasteiger partial charge in [0.05, 0.1) is 25.5 Å². The zero-order chi connectivity index (χ0) is 19.8. The van der Waals surface area contributed by atoms with Crippen LogP contribution in [0.1, 0.15) is 50.6 Å². The minimum atomic E-state index is -0.459. The van der Waals surface area contributed by atoms with E-state index in [1.165, 1.54) is 7.11 Å². The van der Waals surface area contributed by atoms with Crippen LogP contribution in [0.15, 0.2) is 28.7 Å². The highest BCUT2D eigenvalue weighted by Crippen LogP contribution is 2.23. The number of hydrogen-bond acceptors (Lipinski definition) is 4. The molecule has 1 aliphatic rings. The lowest BCUT2D eigenvalue weighted by Gasteiger charge is -2.33. The number of nitrogens with zero attached hydrogens (tertiary/aromatic N) is 1. The lowest BCUT2D eigenvalue weighted by Crippen LogP contribution is -2.46. The summed E-state index contributed by atoms with van der Waals surface area (Å²) in [5.74, 6) is -0.656. The van der Waals surface area contributed by atoms with Crippen molar-refractivity contribution in [3.05, 3.63) is 34.3 Å². The average Bonchev–Trinajstić information content (AvgIpc) is 2.68. The molecule has 1 aromatic carbocycles. The maximum absolute atomic E-state index is 12.8. The molecule has 0 radical (unpaired) electrons. The van der Waals surface area contributed by atoms with E-state index in [0.29, 0.717) is 19.5 Å². The van der Waals surface area contributed by atoms with Gasteiger partial charge in [-0.3, -0.25) is 14.4 Å². The summed E-state index contributed by atoms with van der Waals surface area (Å²) >= 11 is 3.39. The van der Waals surface area contributed by atoms with Crippen LogP contribution >= 0.6 is 15.9 Å². The van der Waals surface area contributed by atoms with Crippen LogP contribution in [0.3, 0.4) is 0 Å². The Morgan fingerprint density at radius 2 is 2.00 bits per heavy atom. The molecular weight excluding hydrogens is 412 g/mol. The monoisotopic (exact) mass is 438 g/mol. The normalized spacial score (nSPS) is 17.9. The Labute approximate surface area is 168 Å². The molecule has 0 saturated carbocycles. The number of benzene rings is 1. The molecule has 2 amide bonds. The molecule has 2 unspecified atom stereocenters. The van der Waals surface area contributed by atoms with Crippen molar-refractivity contribution >= 4 is 33.7 Å². The molecule has 1 heterocycles. The largest absolute Gasteiger partial charge is 0.469 e. The van der Waals surface area contributed by atoms with E-state index >= 15 is 0 Å². The summed E-state index contributed by atoms with van der Waals surface area (Å²) in [6, 6.07) is 7.03. The Morgan fingerprint density at radius 1 is 1.30 bits per heavy atom. The summed E-state index contributed by atoms with van der Waals surface area (Å²) in [6.45, 7) is 3.12. The van der Waals surface area contributed by atoms with Gasteiger partial charge in [0.15, 0.2) is 0 Å². The van der Waals surface area contributed by atoms with Gasteiger partial charge in [-0.15, -0.1) is 0 Å². The second-order valence-corrected chi connectivity index (χ2v) is 7.74. The quantitative estimate of drug-likeness (QED) is 0.663. The van der Waals surface area contributed by atoms with Crippen LogP contribution in [-0.4, -0.2) is 42.9 Å². The first kappa shape index (κ1) is 21.4. The van der Waals surface area contributed by atoms with Crippen LogP contribution in [0, 0.1) is 5.92 Å². The fourth-order valence-corrected chi connectivity index (χ4v) is 3.54. The molecule has 6 nitrogen and oxygen atoms in total. The van der Waals surface area contributed by atoms with Crippen LogP contribution in [-0.2, 0) is 19.1 Å². The predicted molar refractivity (Wildman–Crippen MR) is 106 cm³/mol. The number of nitrogens with one attached hydrogen (secondary N) is 1. The third-order valence-electron chi connectivity index (χ3n) is 4.80. The lowest BCUT2D eigenvalue weighted by molar-refractivity contribution is -0.141. The SMILES string of the molecule is CCCC(=O)N1CCCC(C(=O)NC(CC(=O)OC)c2ccc(Br)cc2)C1. The van der Waals surface area contributed by atoms with Gasteiger partial charge in [0.1, 0.15) is 0 Å². The van der Waals surface area contributed by atoms with E-state index in [0.717, 1.165) is 29.3 Å². The topological polar surface area (TPSA) is 75.7 Å². The molecule has 27 heavy (non-hydrogen) atoms. The summed E-state index contributed by atoms with van der Waals surface area (Å²) in [4.78, 5) is 38.6. The van der Waals surface area contributed by atoms with Crippen LogP contribution in [0.4, 0.5) is 0 Å². The van der Waals surface area contributed by atoms with E-state index in [9.17, 15) is 14.4 Å². The first-order valence-electron chi connectivity index (χ1n) is 9.35.